The number of benzene rings is 1. The van der Waals surface area contributed by atoms with Crippen molar-refractivity contribution in [1.82, 2.24) is 34.0 Å². The Hall–Kier alpha value is -4.66. The lowest BCUT2D eigenvalue weighted by Gasteiger charge is -2.34. The molecule has 0 spiro atoms. The number of rotatable bonds is 5. The van der Waals surface area contributed by atoms with Crippen LogP contribution >= 0.6 is 0 Å². The number of aryl methyl sites for hydroxylation is 2. The van der Waals surface area contributed by atoms with Gasteiger partial charge in [0.05, 0.1) is 18.6 Å². The first-order chi connectivity index (χ1) is 20.0. The van der Waals surface area contributed by atoms with Gasteiger partial charge in [-0.3, -0.25) is 18.5 Å². The number of nitrogens with one attached hydrogen (secondary N) is 1. The van der Waals surface area contributed by atoms with E-state index in [-0.39, 0.29) is 30.3 Å². The molecule has 1 aliphatic heterocycles. The van der Waals surface area contributed by atoms with E-state index in [0.717, 1.165) is 34.0 Å². The minimum atomic E-state index is -0.605. The van der Waals surface area contributed by atoms with Gasteiger partial charge in [-0.25, -0.2) is 19.6 Å². The number of para-hydroxylation sites is 1. The fraction of sp³-hybridized carbons (Fsp3) is 0.467. The summed E-state index contributed by atoms with van der Waals surface area (Å²) < 4.78 is 9.73. The van der Waals surface area contributed by atoms with Crippen LogP contribution in [0.5, 0.6) is 0 Å². The summed E-state index contributed by atoms with van der Waals surface area (Å²) in [4.78, 5) is 55.9. The molecule has 5 rings (SSSR count). The summed E-state index contributed by atoms with van der Waals surface area (Å²) >= 11 is 0. The molecule has 0 radical (unpaired) electrons. The van der Waals surface area contributed by atoms with Gasteiger partial charge in [-0.2, -0.15) is 4.98 Å². The number of nitrogens with zero attached hydrogens (tertiary/aromatic N) is 7. The predicted molar refractivity (Wildman–Crippen MR) is 161 cm³/mol. The van der Waals surface area contributed by atoms with Crippen molar-refractivity contribution in [1.29, 1.82) is 0 Å². The third kappa shape index (κ3) is 5.72. The number of hydrogen-bond donors (Lipinski definition) is 1. The number of carbonyl (C=O) groups is 1. The Balaban J connectivity index is 1.55. The largest absolute Gasteiger partial charge is 0.444 e. The number of amides is 1. The Bertz CT molecular complexity index is 1850. The van der Waals surface area contributed by atoms with Crippen LogP contribution in [0.4, 0.5) is 10.7 Å². The second kappa shape index (κ2) is 11.3. The van der Waals surface area contributed by atoms with Gasteiger partial charge in [-0.15, -0.1) is 5.92 Å². The average Bonchev–Trinajstić information content (AvgIpc) is 3.32. The molecule has 4 heterocycles. The number of imidazole rings is 1. The van der Waals surface area contributed by atoms with Gasteiger partial charge in [0, 0.05) is 37.3 Å². The number of anilines is 1. The number of piperidine rings is 1. The van der Waals surface area contributed by atoms with Gasteiger partial charge in [-0.1, -0.05) is 24.1 Å². The van der Waals surface area contributed by atoms with Crippen LogP contribution in [0.25, 0.3) is 22.1 Å². The minimum Gasteiger partial charge on any atom is -0.444 e. The molecule has 12 nitrogen and oxygen atoms in total. The van der Waals surface area contributed by atoms with Crippen molar-refractivity contribution in [2.24, 2.45) is 7.05 Å². The maximum absolute atomic E-state index is 14.0. The normalized spacial score (nSPS) is 15.5. The summed E-state index contributed by atoms with van der Waals surface area (Å²) in [5.74, 6) is 6.83. The molecule has 1 fully saturated rings. The minimum absolute atomic E-state index is 0.0846. The summed E-state index contributed by atoms with van der Waals surface area (Å²) in [6.45, 7) is 10.3. The molecule has 1 N–H and O–H groups in total. The highest BCUT2D eigenvalue weighted by Gasteiger charge is 2.29. The number of hydrogen-bond acceptors (Lipinski definition) is 8. The van der Waals surface area contributed by atoms with Crippen molar-refractivity contribution in [3.05, 3.63) is 56.6 Å². The standard InChI is InChI=1S/C30H36N8O4/c1-7-8-16-37-24-25(34-27(37)36-15-11-12-20(17-36)32-28(40)42-30(3,4)5)35(6)29(41)38(26(24)39)18-23-31-19(2)21-13-9-10-14-22(21)33-23/h9-10,13-14,20H,11-12,15-18H2,1-6H3,(H,32,40). The van der Waals surface area contributed by atoms with E-state index in [0.29, 0.717) is 24.9 Å². The molecule has 1 saturated heterocycles. The van der Waals surface area contributed by atoms with Crippen LogP contribution in [-0.4, -0.2) is 59.5 Å². The highest BCUT2D eigenvalue weighted by atomic mass is 16.6. The van der Waals surface area contributed by atoms with E-state index in [9.17, 15) is 14.4 Å². The van der Waals surface area contributed by atoms with E-state index in [1.807, 2.05) is 56.9 Å². The monoisotopic (exact) mass is 572 g/mol. The van der Waals surface area contributed by atoms with Crippen molar-refractivity contribution < 1.29 is 9.53 Å². The van der Waals surface area contributed by atoms with Gasteiger partial charge in [-0.05, 0) is 53.5 Å². The van der Waals surface area contributed by atoms with Crippen LogP contribution in [-0.2, 0) is 24.9 Å². The molecule has 12 heteroatoms. The van der Waals surface area contributed by atoms with Crippen molar-refractivity contribution in [2.45, 2.75) is 72.2 Å². The molecule has 4 aromatic rings. The van der Waals surface area contributed by atoms with Gasteiger partial charge < -0.3 is 15.0 Å². The Morgan fingerprint density at radius 3 is 2.64 bits per heavy atom. The number of carbonyl (C=O) groups excluding carboxylic acids is 1. The fourth-order valence-corrected chi connectivity index (χ4v) is 5.31. The molecule has 1 aromatic carbocycles. The Labute approximate surface area is 243 Å². The third-order valence-electron chi connectivity index (χ3n) is 7.19. The molecular formula is C30H36N8O4. The van der Waals surface area contributed by atoms with Crippen LogP contribution in [0.1, 0.15) is 52.1 Å². The smallest absolute Gasteiger partial charge is 0.407 e. The number of aromatic nitrogens is 6. The molecular weight excluding hydrogens is 536 g/mol. The van der Waals surface area contributed by atoms with E-state index in [4.69, 9.17) is 9.72 Å². The molecule has 1 atom stereocenters. The van der Waals surface area contributed by atoms with E-state index in [2.05, 4.69) is 27.1 Å². The first-order valence-electron chi connectivity index (χ1n) is 14.0. The average molecular weight is 573 g/mol. The molecule has 220 valence electrons. The zero-order valence-corrected chi connectivity index (χ0v) is 24.9. The fourth-order valence-electron chi connectivity index (χ4n) is 5.31. The molecule has 0 saturated carbocycles. The molecule has 0 bridgehead atoms. The lowest BCUT2D eigenvalue weighted by Crippen LogP contribution is -2.49. The molecule has 1 aliphatic rings. The molecule has 0 aliphatic carbocycles. The van der Waals surface area contributed by atoms with Gasteiger partial charge >= 0.3 is 11.8 Å². The predicted octanol–water partition coefficient (Wildman–Crippen LogP) is 2.71. The SMILES string of the molecule is CC#CCn1c(N2CCCC(NC(=O)OC(C)(C)C)C2)nc2c1c(=O)n(Cc1nc(C)c3ccccc3n1)c(=O)n2C. The maximum atomic E-state index is 14.0. The van der Waals surface area contributed by atoms with Crippen LogP contribution < -0.4 is 21.5 Å². The van der Waals surface area contributed by atoms with Gasteiger partial charge in [0.1, 0.15) is 11.4 Å². The highest BCUT2D eigenvalue weighted by molar-refractivity contribution is 5.80. The van der Waals surface area contributed by atoms with Crippen molar-refractivity contribution in [3.8, 4) is 11.8 Å². The summed E-state index contributed by atoms with van der Waals surface area (Å²) in [6, 6.07) is 7.45. The highest BCUT2D eigenvalue weighted by Crippen LogP contribution is 2.24. The van der Waals surface area contributed by atoms with E-state index >= 15 is 0 Å². The summed E-state index contributed by atoms with van der Waals surface area (Å²) in [5.41, 5.74) is 0.457. The quantitative estimate of drug-likeness (QED) is 0.362. The summed E-state index contributed by atoms with van der Waals surface area (Å²) in [5, 5.41) is 3.87. The second-order valence-corrected chi connectivity index (χ2v) is 11.5. The number of alkyl carbamates (subject to hydrolysis) is 1. The topological polar surface area (TPSA) is 129 Å². The Morgan fingerprint density at radius 1 is 1.14 bits per heavy atom. The van der Waals surface area contributed by atoms with Crippen molar-refractivity contribution in [3.63, 3.8) is 0 Å². The van der Waals surface area contributed by atoms with Gasteiger partial charge in [0.25, 0.3) is 5.56 Å². The molecule has 42 heavy (non-hydrogen) atoms. The molecule has 1 amide bonds. The lowest BCUT2D eigenvalue weighted by atomic mass is 10.1. The Morgan fingerprint density at radius 2 is 1.90 bits per heavy atom. The van der Waals surface area contributed by atoms with Crippen LogP contribution in [0.2, 0.25) is 0 Å². The van der Waals surface area contributed by atoms with E-state index in [1.54, 1.807) is 18.5 Å². The van der Waals surface area contributed by atoms with Gasteiger partial charge in [0.2, 0.25) is 5.95 Å². The number of fused-ring (bicyclic) bond motifs is 2. The third-order valence-corrected chi connectivity index (χ3v) is 7.19. The zero-order valence-electron chi connectivity index (χ0n) is 24.9. The van der Waals surface area contributed by atoms with Crippen molar-refractivity contribution >= 4 is 34.1 Å². The Kier molecular flexibility index (Phi) is 7.77. The maximum Gasteiger partial charge on any atom is 0.407 e. The second-order valence-electron chi connectivity index (χ2n) is 11.5. The first kappa shape index (κ1) is 28.9. The van der Waals surface area contributed by atoms with E-state index in [1.165, 1.54) is 4.57 Å². The van der Waals surface area contributed by atoms with Crippen LogP contribution in [0, 0.1) is 18.8 Å². The van der Waals surface area contributed by atoms with Crippen molar-refractivity contribution in [2.75, 3.05) is 18.0 Å². The summed E-state index contributed by atoms with van der Waals surface area (Å²) in [6.07, 6.45) is 1.10. The van der Waals surface area contributed by atoms with E-state index < -0.39 is 22.9 Å². The first-order valence-corrected chi connectivity index (χ1v) is 14.0. The van der Waals surface area contributed by atoms with Crippen LogP contribution in [0.15, 0.2) is 33.9 Å². The van der Waals surface area contributed by atoms with Gasteiger partial charge in [0.15, 0.2) is 11.2 Å². The van der Waals surface area contributed by atoms with Crippen LogP contribution in [0.3, 0.4) is 0 Å². The lowest BCUT2D eigenvalue weighted by molar-refractivity contribution is 0.0499. The molecule has 1 unspecified atom stereocenters. The summed E-state index contributed by atoms with van der Waals surface area (Å²) in [7, 11) is 1.60. The number of ether oxygens (including phenoxy) is 1. The zero-order chi connectivity index (χ0) is 30.2. The molecule has 3 aromatic heterocycles.